The van der Waals surface area contributed by atoms with Crippen molar-refractivity contribution in [3.63, 3.8) is 0 Å². The third-order valence-corrected chi connectivity index (χ3v) is 8.37. The zero-order valence-corrected chi connectivity index (χ0v) is 24.6. The Hall–Kier alpha value is -4.47. The number of benzene rings is 3. The van der Waals surface area contributed by atoms with Crippen LogP contribution < -0.4 is 4.90 Å². The Kier molecular flexibility index (Phi) is 8.26. The number of nitrogens with one attached hydrogen (secondary N) is 1. The van der Waals surface area contributed by atoms with E-state index in [2.05, 4.69) is 21.8 Å². The average Bonchev–Trinajstić information content (AvgIpc) is 3.55. The molecule has 1 unspecified atom stereocenters. The van der Waals surface area contributed by atoms with Crippen molar-refractivity contribution < 1.29 is 19.4 Å². The molecule has 6 rings (SSSR count). The Labute approximate surface area is 251 Å². The van der Waals surface area contributed by atoms with Crippen LogP contribution in [0.5, 0.6) is 5.88 Å². The molecule has 2 saturated heterocycles. The van der Waals surface area contributed by atoms with Crippen molar-refractivity contribution in [1.82, 2.24) is 14.8 Å². The number of nitrogens with zero attached hydrogens (tertiary/aromatic N) is 4. The van der Waals surface area contributed by atoms with E-state index in [0.29, 0.717) is 34.6 Å². The summed E-state index contributed by atoms with van der Waals surface area (Å²) >= 11 is 0. The highest BCUT2D eigenvalue weighted by Crippen LogP contribution is 2.33. The Bertz CT molecular complexity index is 1640. The quantitative estimate of drug-likeness (QED) is 0.229. The van der Waals surface area contributed by atoms with E-state index in [-0.39, 0.29) is 24.3 Å². The number of aliphatic imine (C=N–C) groups is 1. The number of carbonyl (C=O) groups excluding carboxylic acids is 2. The third-order valence-electron chi connectivity index (χ3n) is 8.37. The Balaban J connectivity index is 1.27. The lowest BCUT2D eigenvalue weighted by atomic mass is 10.00. The lowest BCUT2D eigenvalue weighted by Gasteiger charge is -2.33. The number of hydrogen-bond acceptors (Lipinski definition) is 7. The molecule has 1 atom stereocenters. The van der Waals surface area contributed by atoms with E-state index in [1.165, 1.54) is 0 Å². The van der Waals surface area contributed by atoms with Crippen molar-refractivity contribution in [2.24, 2.45) is 10.9 Å². The molecule has 9 heteroatoms. The lowest BCUT2D eigenvalue weighted by Crippen LogP contribution is -2.47. The second-order valence-corrected chi connectivity index (χ2v) is 11.3. The van der Waals surface area contributed by atoms with Gasteiger partial charge in [0.1, 0.15) is 0 Å². The second kappa shape index (κ2) is 12.4. The summed E-state index contributed by atoms with van der Waals surface area (Å²) in [4.78, 5) is 40.2. The normalized spacial score (nSPS) is 18.5. The highest BCUT2D eigenvalue weighted by Gasteiger charge is 2.34. The third kappa shape index (κ3) is 6.04. The molecule has 0 spiro atoms. The first kappa shape index (κ1) is 28.6. The minimum absolute atomic E-state index is 0.0278. The smallest absolute Gasteiger partial charge is 0.338 e. The van der Waals surface area contributed by atoms with Gasteiger partial charge in [0, 0.05) is 61.4 Å². The van der Waals surface area contributed by atoms with Crippen molar-refractivity contribution in [3.8, 4) is 5.88 Å². The van der Waals surface area contributed by atoms with Crippen LogP contribution in [-0.4, -0.2) is 90.4 Å². The SMILES string of the molecule is CCOC(=O)c1ccc2c(C(=Nc3ccc(N4CCC(CN5CCN(C)CC5)C4=O)cc3)c3ccccc3)c(O)[nH]c2c1. The summed E-state index contributed by atoms with van der Waals surface area (Å²) in [7, 11) is 2.14. The Morgan fingerprint density at radius 1 is 0.977 bits per heavy atom. The number of amides is 1. The van der Waals surface area contributed by atoms with Gasteiger partial charge in [-0.05, 0) is 56.8 Å². The molecule has 222 valence electrons. The van der Waals surface area contributed by atoms with Crippen LogP contribution in [0.1, 0.15) is 34.8 Å². The van der Waals surface area contributed by atoms with Gasteiger partial charge in [-0.25, -0.2) is 9.79 Å². The van der Waals surface area contributed by atoms with Crippen molar-refractivity contribution in [3.05, 3.63) is 89.5 Å². The molecule has 0 bridgehead atoms. The van der Waals surface area contributed by atoms with Crippen LogP contribution in [0.25, 0.3) is 10.9 Å². The summed E-state index contributed by atoms with van der Waals surface area (Å²) < 4.78 is 5.14. The van der Waals surface area contributed by atoms with Crippen LogP contribution in [0.4, 0.5) is 11.4 Å². The van der Waals surface area contributed by atoms with E-state index in [9.17, 15) is 14.7 Å². The predicted molar refractivity (Wildman–Crippen MR) is 168 cm³/mol. The highest BCUT2D eigenvalue weighted by atomic mass is 16.5. The molecule has 1 aromatic heterocycles. The predicted octanol–water partition coefficient (Wildman–Crippen LogP) is 4.82. The maximum atomic E-state index is 13.3. The van der Waals surface area contributed by atoms with Gasteiger partial charge >= 0.3 is 5.97 Å². The topological polar surface area (TPSA) is 101 Å². The minimum Gasteiger partial charge on any atom is -0.494 e. The van der Waals surface area contributed by atoms with E-state index in [0.717, 1.165) is 55.8 Å². The number of aromatic nitrogens is 1. The van der Waals surface area contributed by atoms with Gasteiger partial charge in [-0.3, -0.25) is 4.79 Å². The van der Waals surface area contributed by atoms with E-state index in [1.807, 2.05) is 59.5 Å². The molecule has 43 heavy (non-hydrogen) atoms. The standard InChI is InChI=1S/C34H37N5O4/c1-3-43-34(42)24-9-14-28-29(21-24)36-32(40)30(28)31(23-7-5-4-6-8-23)35-26-10-12-27(13-11-26)39-16-15-25(33(39)41)22-38-19-17-37(2)18-20-38/h4-14,21,25,36,40H,3,15-20,22H2,1-2H3. The van der Waals surface area contributed by atoms with Gasteiger partial charge < -0.3 is 29.5 Å². The summed E-state index contributed by atoms with van der Waals surface area (Å²) in [5.41, 5.74) is 4.54. The highest BCUT2D eigenvalue weighted by molar-refractivity contribution is 6.22. The number of piperazine rings is 1. The number of hydrogen-bond donors (Lipinski definition) is 2. The van der Waals surface area contributed by atoms with E-state index < -0.39 is 5.97 Å². The van der Waals surface area contributed by atoms with Crippen LogP contribution in [-0.2, 0) is 9.53 Å². The number of anilines is 1. The van der Waals surface area contributed by atoms with Crippen LogP contribution in [0.2, 0.25) is 0 Å². The van der Waals surface area contributed by atoms with Gasteiger partial charge in [0.25, 0.3) is 0 Å². The first-order valence-corrected chi connectivity index (χ1v) is 14.9. The number of ether oxygens (including phenoxy) is 1. The molecule has 2 N–H and O–H groups in total. The van der Waals surface area contributed by atoms with Gasteiger partial charge in [0.05, 0.1) is 35.1 Å². The molecule has 0 saturated carbocycles. The number of H-pyrrole nitrogens is 1. The van der Waals surface area contributed by atoms with E-state index in [1.54, 1.807) is 25.1 Å². The van der Waals surface area contributed by atoms with Crippen molar-refractivity contribution >= 4 is 39.9 Å². The number of fused-ring (bicyclic) bond motifs is 1. The molecule has 2 fully saturated rings. The number of carbonyl (C=O) groups is 2. The second-order valence-electron chi connectivity index (χ2n) is 11.3. The molecular formula is C34H37N5O4. The number of aromatic hydroxyl groups is 1. The summed E-state index contributed by atoms with van der Waals surface area (Å²) in [6, 6.07) is 22.5. The van der Waals surface area contributed by atoms with E-state index in [4.69, 9.17) is 9.73 Å². The molecule has 4 aromatic rings. The maximum absolute atomic E-state index is 13.3. The molecule has 0 aliphatic carbocycles. The first-order valence-electron chi connectivity index (χ1n) is 14.9. The molecule has 9 nitrogen and oxygen atoms in total. The van der Waals surface area contributed by atoms with Crippen LogP contribution >= 0.6 is 0 Å². The number of rotatable bonds is 8. The van der Waals surface area contributed by atoms with Crippen molar-refractivity contribution in [1.29, 1.82) is 0 Å². The minimum atomic E-state index is -0.417. The Morgan fingerprint density at radius 2 is 1.72 bits per heavy atom. The summed E-state index contributed by atoms with van der Waals surface area (Å²) in [5, 5.41) is 11.8. The summed E-state index contributed by atoms with van der Waals surface area (Å²) in [6.07, 6.45) is 0.862. The average molecular weight is 580 g/mol. The number of esters is 1. The van der Waals surface area contributed by atoms with Crippen molar-refractivity contribution in [2.45, 2.75) is 13.3 Å². The summed E-state index contributed by atoms with van der Waals surface area (Å²) in [5.74, 6) is -0.241. The monoisotopic (exact) mass is 579 g/mol. The van der Waals surface area contributed by atoms with Crippen molar-refractivity contribution in [2.75, 3.05) is 57.8 Å². The fourth-order valence-corrected chi connectivity index (χ4v) is 5.97. The van der Waals surface area contributed by atoms with Gasteiger partial charge in [0.2, 0.25) is 5.91 Å². The zero-order valence-electron chi connectivity index (χ0n) is 24.6. The molecule has 2 aliphatic heterocycles. The van der Waals surface area contributed by atoms with Gasteiger partial charge in [-0.2, -0.15) is 0 Å². The fourth-order valence-electron chi connectivity index (χ4n) is 5.97. The van der Waals surface area contributed by atoms with Crippen LogP contribution in [0.15, 0.2) is 77.8 Å². The van der Waals surface area contributed by atoms with Gasteiger partial charge in [-0.1, -0.05) is 36.4 Å². The van der Waals surface area contributed by atoms with Crippen LogP contribution in [0.3, 0.4) is 0 Å². The maximum Gasteiger partial charge on any atom is 0.338 e. The number of aromatic amines is 1. The molecule has 3 aromatic carbocycles. The van der Waals surface area contributed by atoms with Crippen LogP contribution in [0, 0.1) is 5.92 Å². The molecule has 0 radical (unpaired) electrons. The lowest BCUT2D eigenvalue weighted by molar-refractivity contribution is -0.121. The van der Waals surface area contributed by atoms with Gasteiger partial charge in [-0.15, -0.1) is 0 Å². The largest absolute Gasteiger partial charge is 0.494 e. The van der Waals surface area contributed by atoms with Gasteiger partial charge in [0.15, 0.2) is 5.88 Å². The summed E-state index contributed by atoms with van der Waals surface area (Å²) in [6.45, 7) is 7.69. The molecule has 1 amide bonds. The molecular weight excluding hydrogens is 542 g/mol. The zero-order chi connectivity index (χ0) is 29.9. The molecule has 2 aliphatic rings. The number of likely N-dealkylation sites (N-methyl/N-ethyl adjacent to an activating group) is 1. The van der Waals surface area contributed by atoms with E-state index >= 15 is 0 Å². The first-order chi connectivity index (χ1) is 20.9. The fraction of sp³-hybridized carbons (Fsp3) is 0.324. The molecule has 3 heterocycles. The Morgan fingerprint density at radius 3 is 2.44 bits per heavy atom.